The van der Waals surface area contributed by atoms with Crippen molar-refractivity contribution in [3.8, 4) is 0 Å². The standard InChI is InChI=1S/C19H16N2O5S/c1-2-13(18(25)26)21-14-8-3-4-9-15(14)27-19(21)20-16(22)11-6-5-7-12(10-11)17(23)24/h3-10,13H,2H2,1H3,(H,23,24)(H,25,26)/b20-19+. The molecule has 1 amide bonds. The van der Waals surface area contributed by atoms with Gasteiger partial charge in [0.2, 0.25) is 0 Å². The molecule has 0 spiro atoms. The average molecular weight is 384 g/mol. The number of amides is 1. The lowest BCUT2D eigenvalue weighted by Crippen LogP contribution is -2.27. The summed E-state index contributed by atoms with van der Waals surface area (Å²) in [6.07, 6.45) is 0.325. The van der Waals surface area contributed by atoms with Crippen LogP contribution in [0.1, 0.15) is 40.1 Å². The van der Waals surface area contributed by atoms with E-state index in [1.165, 1.54) is 35.6 Å². The van der Waals surface area contributed by atoms with Gasteiger partial charge in [0.15, 0.2) is 4.80 Å². The second-order valence-corrected chi connectivity index (χ2v) is 6.80. The average Bonchev–Trinajstić information content (AvgIpc) is 3.00. The van der Waals surface area contributed by atoms with Gasteiger partial charge in [0.1, 0.15) is 6.04 Å². The molecule has 0 bridgehead atoms. The summed E-state index contributed by atoms with van der Waals surface area (Å²) in [4.78, 5) is 39.7. The van der Waals surface area contributed by atoms with Gasteiger partial charge in [-0.15, -0.1) is 0 Å². The van der Waals surface area contributed by atoms with Gasteiger partial charge in [-0.2, -0.15) is 4.99 Å². The minimum atomic E-state index is -1.14. The zero-order chi connectivity index (χ0) is 19.6. The Morgan fingerprint density at radius 3 is 2.44 bits per heavy atom. The molecule has 3 aromatic rings. The van der Waals surface area contributed by atoms with Gasteiger partial charge in [0.25, 0.3) is 5.91 Å². The van der Waals surface area contributed by atoms with E-state index in [2.05, 4.69) is 4.99 Å². The summed E-state index contributed by atoms with van der Waals surface area (Å²) in [5.74, 6) is -2.78. The number of rotatable bonds is 5. The number of aromatic carboxylic acids is 1. The predicted octanol–water partition coefficient (Wildman–Crippen LogP) is 3.18. The smallest absolute Gasteiger partial charge is 0.335 e. The van der Waals surface area contributed by atoms with Crippen molar-refractivity contribution in [2.24, 2.45) is 4.99 Å². The molecule has 138 valence electrons. The number of benzene rings is 2. The SMILES string of the molecule is CCC(C(=O)O)n1/c(=N\C(=O)c2cccc(C(=O)O)c2)sc2ccccc21. The van der Waals surface area contributed by atoms with Crippen LogP contribution in [0.3, 0.4) is 0 Å². The van der Waals surface area contributed by atoms with Crippen LogP contribution in [0.25, 0.3) is 10.2 Å². The Balaban J connectivity index is 2.18. The molecule has 8 heteroatoms. The Kier molecular flexibility index (Phi) is 5.18. The number of carboxylic acids is 2. The molecule has 1 unspecified atom stereocenters. The summed E-state index contributed by atoms with van der Waals surface area (Å²) >= 11 is 1.21. The summed E-state index contributed by atoms with van der Waals surface area (Å²) in [5, 5.41) is 18.6. The van der Waals surface area contributed by atoms with E-state index in [-0.39, 0.29) is 15.9 Å². The molecule has 0 saturated carbocycles. The Morgan fingerprint density at radius 1 is 1.07 bits per heavy atom. The maximum atomic E-state index is 12.6. The highest BCUT2D eigenvalue weighted by atomic mass is 32.1. The molecule has 0 aliphatic heterocycles. The van der Waals surface area contributed by atoms with Crippen molar-refractivity contribution in [1.29, 1.82) is 0 Å². The quantitative estimate of drug-likeness (QED) is 0.702. The van der Waals surface area contributed by atoms with Crippen LogP contribution in [0, 0.1) is 0 Å². The third kappa shape index (κ3) is 3.65. The lowest BCUT2D eigenvalue weighted by atomic mass is 10.1. The zero-order valence-electron chi connectivity index (χ0n) is 14.3. The summed E-state index contributed by atoms with van der Waals surface area (Å²) in [6, 6.07) is 12.0. The number of carboxylic acid groups (broad SMARTS) is 2. The van der Waals surface area contributed by atoms with Gasteiger partial charge in [-0.25, -0.2) is 9.59 Å². The van der Waals surface area contributed by atoms with Gasteiger partial charge in [0, 0.05) is 5.56 Å². The van der Waals surface area contributed by atoms with E-state index in [1.807, 2.05) is 12.1 Å². The van der Waals surface area contributed by atoms with Crippen LogP contribution in [-0.4, -0.2) is 32.6 Å². The molecule has 0 saturated heterocycles. The van der Waals surface area contributed by atoms with Crippen LogP contribution < -0.4 is 4.80 Å². The monoisotopic (exact) mass is 384 g/mol. The van der Waals surface area contributed by atoms with Crippen LogP contribution in [0.5, 0.6) is 0 Å². The zero-order valence-corrected chi connectivity index (χ0v) is 15.1. The molecule has 27 heavy (non-hydrogen) atoms. The second kappa shape index (κ2) is 7.55. The number of hydrogen-bond donors (Lipinski definition) is 2. The number of para-hydroxylation sites is 1. The summed E-state index contributed by atoms with van der Waals surface area (Å²) in [5.41, 5.74) is 0.794. The van der Waals surface area contributed by atoms with E-state index in [0.717, 1.165) is 4.70 Å². The van der Waals surface area contributed by atoms with E-state index in [1.54, 1.807) is 23.6 Å². The summed E-state index contributed by atoms with van der Waals surface area (Å²) in [6.45, 7) is 1.75. The van der Waals surface area contributed by atoms with Gasteiger partial charge in [0.05, 0.1) is 15.8 Å². The topological polar surface area (TPSA) is 109 Å². The fourth-order valence-electron chi connectivity index (χ4n) is 2.78. The first-order valence-electron chi connectivity index (χ1n) is 8.17. The third-order valence-corrected chi connectivity index (χ3v) is 5.10. The van der Waals surface area contributed by atoms with E-state index in [4.69, 9.17) is 5.11 Å². The van der Waals surface area contributed by atoms with Crippen LogP contribution in [-0.2, 0) is 4.79 Å². The predicted molar refractivity (Wildman–Crippen MR) is 100 cm³/mol. The molecule has 0 radical (unpaired) electrons. The van der Waals surface area contributed by atoms with Gasteiger partial charge in [-0.05, 0) is 36.8 Å². The lowest BCUT2D eigenvalue weighted by molar-refractivity contribution is -0.140. The number of carbonyl (C=O) groups is 3. The Morgan fingerprint density at radius 2 is 1.78 bits per heavy atom. The van der Waals surface area contributed by atoms with Crippen LogP contribution in [0.2, 0.25) is 0 Å². The second-order valence-electron chi connectivity index (χ2n) is 5.79. The van der Waals surface area contributed by atoms with Crippen LogP contribution >= 0.6 is 11.3 Å². The summed E-state index contributed by atoms with van der Waals surface area (Å²) in [7, 11) is 0. The van der Waals surface area contributed by atoms with E-state index >= 15 is 0 Å². The molecule has 0 aliphatic carbocycles. The Labute approximate surface area is 157 Å². The van der Waals surface area contributed by atoms with Crippen molar-refractivity contribution >= 4 is 39.4 Å². The van der Waals surface area contributed by atoms with E-state index < -0.39 is 23.9 Å². The Hall–Kier alpha value is -3.26. The minimum absolute atomic E-state index is 0.0164. The Bertz CT molecular complexity index is 1110. The molecular formula is C19H16N2O5S. The first kappa shape index (κ1) is 18.5. The van der Waals surface area contributed by atoms with Gasteiger partial charge in [-0.1, -0.05) is 36.5 Å². The molecule has 7 nitrogen and oxygen atoms in total. The molecule has 2 N–H and O–H groups in total. The molecule has 1 aromatic heterocycles. The highest BCUT2D eigenvalue weighted by molar-refractivity contribution is 7.16. The normalized spacial score (nSPS) is 12.9. The molecule has 0 fully saturated rings. The first-order chi connectivity index (χ1) is 12.9. The maximum absolute atomic E-state index is 12.6. The molecule has 1 atom stereocenters. The number of thiazole rings is 1. The minimum Gasteiger partial charge on any atom is -0.480 e. The van der Waals surface area contributed by atoms with Gasteiger partial charge in [-0.3, -0.25) is 4.79 Å². The van der Waals surface area contributed by atoms with Crippen molar-refractivity contribution < 1.29 is 24.6 Å². The largest absolute Gasteiger partial charge is 0.480 e. The number of fused-ring (bicyclic) bond motifs is 1. The molecular weight excluding hydrogens is 368 g/mol. The molecule has 0 aliphatic rings. The van der Waals surface area contributed by atoms with Crippen LogP contribution in [0.4, 0.5) is 0 Å². The van der Waals surface area contributed by atoms with E-state index in [0.29, 0.717) is 11.9 Å². The number of aliphatic carboxylic acids is 1. The fraction of sp³-hybridized carbons (Fsp3) is 0.158. The lowest BCUT2D eigenvalue weighted by Gasteiger charge is -2.13. The summed E-state index contributed by atoms with van der Waals surface area (Å²) < 4.78 is 2.35. The van der Waals surface area contributed by atoms with Gasteiger partial charge < -0.3 is 14.8 Å². The van der Waals surface area contributed by atoms with Crippen molar-refractivity contribution in [2.75, 3.05) is 0 Å². The number of hydrogen-bond acceptors (Lipinski definition) is 4. The maximum Gasteiger partial charge on any atom is 0.335 e. The highest BCUT2D eigenvalue weighted by Crippen LogP contribution is 2.22. The first-order valence-corrected chi connectivity index (χ1v) is 8.99. The number of carbonyl (C=O) groups excluding carboxylic acids is 1. The fourth-order valence-corrected chi connectivity index (χ4v) is 3.84. The van der Waals surface area contributed by atoms with Crippen molar-refractivity contribution in [3.63, 3.8) is 0 Å². The molecule has 2 aromatic carbocycles. The van der Waals surface area contributed by atoms with E-state index in [9.17, 15) is 19.5 Å². The van der Waals surface area contributed by atoms with Crippen molar-refractivity contribution in [1.82, 2.24) is 4.57 Å². The van der Waals surface area contributed by atoms with Crippen molar-refractivity contribution in [2.45, 2.75) is 19.4 Å². The van der Waals surface area contributed by atoms with Crippen LogP contribution in [0.15, 0.2) is 53.5 Å². The molecule has 3 rings (SSSR count). The molecule has 1 heterocycles. The van der Waals surface area contributed by atoms with Gasteiger partial charge >= 0.3 is 11.9 Å². The van der Waals surface area contributed by atoms with Crippen molar-refractivity contribution in [3.05, 3.63) is 64.5 Å². The number of nitrogens with zero attached hydrogens (tertiary/aromatic N) is 2. The third-order valence-electron chi connectivity index (χ3n) is 4.07. The highest BCUT2D eigenvalue weighted by Gasteiger charge is 2.22. The number of aromatic nitrogens is 1.